The van der Waals surface area contributed by atoms with Crippen molar-refractivity contribution in [1.29, 1.82) is 0 Å². The Bertz CT molecular complexity index is 929. The molecule has 3 aromatic rings. The van der Waals surface area contributed by atoms with E-state index in [1.807, 2.05) is 60.9 Å². The lowest BCUT2D eigenvalue weighted by Gasteiger charge is -2.13. The minimum absolute atomic E-state index is 0.103. The molecule has 1 unspecified atom stereocenters. The van der Waals surface area contributed by atoms with Gasteiger partial charge in [0.1, 0.15) is 6.33 Å². The number of nitrogens with one attached hydrogen (secondary N) is 1. The van der Waals surface area contributed by atoms with Crippen LogP contribution in [-0.4, -0.2) is 25.9 Å². The molecule has 0 aliphatic carbocycles. The van der Waals surface area contributed by atoms with Gasteiger partial charge in [0.05, 0.1) is 10.9 Å². The molecule has 0 aliphatic rings. The van der Waals surface area contributed by atoms with E-state index in [4.69, 9.17) is 11.6 Å². The molecule has 26 heavy (non-hydrogen) atoms. The minimum Gasteiger partial charge on any atom is -0.325 e. The monoisotopic (exact) mass is 450 g/mol. The number of aryl methyl sites for hydroxylation is 1. The van der Waals surface area contributed by atoms with Gasteiger partial charge in [-0.25, -0.2) is 0 Å². The Morgan fingerprint density at radius 1 is 1.27 bits per heavy atom. The predicted octanol–water partition coefficient (Wildman–Crippen LogP) is 5.11. The van der Waals surface area contributed by atoms with Crippen molar-refractivity contribution in [3.63, 3.8) is 0 Å². The van der Waals surface area contributed by atoms with Crippen molar-refractivity contribution in [2.45, 2.75) is 24.3 Å². The average Bonchev–Trinajstić information content (AvgIpc) is 3.07. The summed E-state index contributed by atoms with van der Waals surface area (Å²) in [7, 11) is 0. The molecule has 0 radical (unpaired) electrons. The van der Waals surface area contributed by atoms with Gasteiger partial charge in [0.25, 0.3) is 0 Å². The summed E-state index contributed by atoms with van der Waals surface area (Å²) in [6, 6.07) is 13.2. The van der Waals surface area contributed by atoms with Crippen molar-refractivity contribution in [3.8, 4) is 5.69 Å². The summed E-state index contributed by atoms with van der Waals surface area (Å²) in [6.07, 6.45) is 1.61. The SMILES string of the molecule is Cc1ccc(-n2cnnc2SC(C)C(=O)Nc2ccc(Br)cc2)cc1Cl. The molecule has 1 aromatic heterocycles. The summed E-state index contributed by atoms with van der Waals surface area (Å²) < 4.78 is 2.78. The van der Waals surface area contributed by atoms with Crippen LogP contribution in [0.2, 0.25) is 5.02 Å². The second-order valence-electron chi connectivity index (χ2n) is 5.67. The van der Waals surface area contributed by atoms with Gasteiger partial charge >= 0.3 is 0 Å². The molecular formula is C18H16BrClN4OS. The van der Waals surface area contributed by atoms with Crippen molar-refractivity contribution in [2.24, 2.45) is 0 Å². The molecule has 3 rings (SSSR count). The third-order valence-corrected chi connectivity index (χ3v) is 5.71. The van der Waals surface area contributed by atoms with Gasteiger partial charge in [-0.1, -0.05) is 45.4 Å². The number of carbonyl (C=O) groups is 1. The molecule has 1 heterocycles. The zero-order valence-electron chi connectivity index (χ0n) is 14.1. The maximum Gasteiger partial charge on any atom is 0.237 e. The summed E-state index contributed by atoms with van der Waals surface area (Å²) in [5.41, 5.74) is 2.60. The molecule has 1 amide bonds. The minimum atomic E-state index is -0.345. The van der Waals surface area contributed by atoms with Crippen LogP contribution < -0.4 is 5.32 Å². The lowest BCUT2D eigenvalue weighted by molar-refractivity contribution is -0.115. The first-order valence-electron chi connectivity index (χ1n) is 7.83. The number of nitrogens with zero attached hydrogens (tertiary/aromatic N) is 3. The van der Waals surface area contributed by atoms with Gasteiger partial charge in [0.2, 0.25) is 5.91 Å². The number of benzene rings is 2. The molecule has 1 atom stereocenters. The molecule has 8 heteroatoms. The van der Waals surface area contributed by atoms with Crippen molar-refractivity contribution < 1.29 is 4.79 Å². The molecule has 0 saturated heterocycles. The van der Waals surface area contributed by atoms with Gasteiger partial charge in [-0.15, -0.1) is 10.2 Å². The fraction of sp³-hybridized carbons (Fsp3) is 0.167. The van der Waals surface area contributed by atoms with E-state index in [-0.39, 0.29) is 11.2 Å². The number of hydrogen-bond acceptors (Lipinski definition) is 4. The Morgan fingerprint density at radius 2 is 2.00 bits per heavy atom. The highest BCUT2D eigenvalue weighted by Gasteiger charge is 2.19. The van der Waals surface area contributed by atoms with Crippen LogP contribution in [0.3, 0.4) is 0 Å². The van der Waals surface area contributed by atoms with Gasteiger partial charge in [-0.05, 0) is 55.8 Å². The number of carbonyl (C=O) groups excluding carboxylic acids is 1. The number of thioether (sulfide) groups is 1. The van der Waals surface area contributed by atoms with Gasteiger partial charge < -0.3 is 5.32 Å². The molecule has 0 saturated carbocycles. The van der Waals surface area contributed by atoms with Crippen LogP contribution in [0.15, 0.2) is 58.4 Å². The third kappa shape index (κ3) is 4.47. The molecule has 134 valence electrons. The lowest BCUT2D eigenvalue weighted by atomic mass is 10.2. The molecule has 5 nitrogen and oxygen atoms in total. The molecule has 0 aliphatic heterocycles. The Balaban J connectivity index is 1.72. The second kappa shape index (κ2) is 8.24. The van der Waals surface area contributed by atoms with E-state index in [2.05, 4.69) is 31.4 Å². The molecule has 2 aromatic carbocycles. The number of hydrogen-bond donors (Lipinski definition) is 1. The van der Waals surface area contributed by atoms with E-state index in [0.29, 0.717) is 10.2 Å². The van der Waals surface area contributed by atoms with E-state index in [1.165, 1.54) is 11.8 Å². The van der Waals surface area contributed by atoms with Crippen LogP contribution in [0.5, 0.6) is 0 Å². The topological polar surface area (TPSA) is 59.8 Å². The van der Waals surface area contributed by atoms with Crippen molar-refractivity contribution in [3.05, 3.63) is 63.9 Å². The largest absolute Gasteiger partial charge is 0.325 e. The highest BCUT2D eigenvalue weighted by molar-refractivity contribution is 9.10. The smallest absolute Gasteiger partial charge is 0.237 e. The summed E-state index contributed by atoms with van der Waals surface area (Å²) in [6.45, 7) is 3.78. The number of rotatable bonds is 5. The van der Waals surface area contributed by atoms with Crippen molar-refractivity contribution in [1.82, 2.24) is 14.8 Å². The van der Waals surface area contributed by atoms with Crippen LogP contribution in [0.25, 0.3) is 5.69 Å². The quantitative estimate of drug-likeness (QED) is 0.548. The first-order chi connectivity index (χ1) is 12.4. The van der Waals surface area contributed by atoms with E-state index in [0.717, 1.165) is 21.4 Å². The second-order valence-corrected chi connectivity index (χ2v) is 8.30. The van der Waals surface area contributed by atoms with Crippen molar-refractivity contribution >= 4 is 50.9 Å². The zero-order valence-corrected chi connectivity index (χ0v) is 17.3. The van der Waals surface area contributed by atoms with Crippen LogP contribution in [0, 0.1) is 6.92 Å². The van der Waals surface area contributed by atoms with Gasteiger partial charge in [-0.3, -0.25) is 9.36 Å². The van der Waals surface area contributed by atoms with Crippen LogP contribution in [-0.2, 0) is 4.79 Å². The van der Waals surface area contributed by atoms with Gasteiger partial charge in [-0.2, -0.15) is 0 Å². The number of amides is 1. The Kier molecular flexibility index (Phi) is 6.01. The molecule has 1 N–H and O–H groups in total. The van der Waals surface area contributed by atoms with E-state index in [1.54, 1.807) is 6.33 Å². The molecule has 0 spiro atoms. The maximum absolute atomic E-state index is 12.4. The predicted molar refractivity (Wildman–Crippen MR) is 109 cm³/mol. The Hall–Kier alpha value is -1.83. The van der Waals surface area contributed by atoms with Gasteiger partial charge in [0.15, 0.2) is 5.16 Å². The standard InChI is InChI=1S/C18H16BrClN4OS/c1-11-3-8-15(9-16(11)20)24-10-21-23-18(24)26-12(2)17(25)22-14-6-4-13(19)5-7-14/h3-10,12H,1-2H3,(H,22,25). The van der Waals surface area contributed by atoms with E-state index in [9.17, 15) is 4.79 Å². The fourth-order valence-electron chi connectivity index (χ4n) is 2.20. The van der Waals surface area contributed by atoms with E-state index >= 15 is 0 Å². The lowest BCUT2D eigenvalue weighted by Crippen LogP contribution is -2.22. The zero-order chi connectivity index (χ0) is 18.7. The number of anilines is 1. The summed E-state index contributed by atoms with van der Waals surface area (Å²) >= 11 is 10.9. The summed E-state index contributed by atoms with van der Waals surface area (Å²) in [4.78, 5) is 12.4. The molecule has 0 bridgehead atoms. The highest BCUT2D eigenvalue weighted by Crippen LogP contribution is 2.27. The maximum atomic E-state index is 12.4. The third-order valence-electron chi connectivity index (χ3n) is 3.71. The van der Waals surface area contributed by atoms with Crippen LogP contribution >= 0.6 is 39.3 Å². The highest BCUT2D eigenvalue weighted by atomic mass is 79.9. The molecule has 0 fully saturated rings. The van der Waals surface area contributed by atoms with Crippen LogP contribution in [0.1, 0.15) is 12.5 Å². The normalized spacial score (nSPS) is 12.0. The Morgan fingerprint density at radius 3 is 2.69 bits per heavy atom. The van der Waals surface area contributed by atoms with Crippen molar-refractivity contribution in [2.75, 3.05) is 5.32 Å². The number of aromatic nitrogens is 3. The molecular weight excluding hydrogens is 436 g/mol. The summed E-state index contributed by atoms with van der Waals surface area (Å²) in [5.74, 6) is -0.103. The fourth-order valence-corrected chi connectivity index (χ4v) is 3.48. The number of halogens is 2. The average molecular weight is 452 g/mol. The van der Waals surface area contributed by atoms with Gasteiger partial charge in [0, 0.05) is 15.2 Å². The Labute approximate surface area is 169 Å². The first-order valence-corrected chi connectivity index (χ1v) is 9.89. The first kappa shape index (κ1) is 18.9. The van der Waals surface area contributed by atoms with E-state index < -0.39 is 0 Å². The van der Waals surface area contributed by atoms with Crippen LogP contribution in [0.4, 0.5) is 5.69 Å². The summed E-state index contributed by atoms with van der Waals surface area (Å²) in [5, 5.41) is 12.0.